The van der Waals surface area contributed by atoms with Gasteiger partial charge in [0.05, 0.1) is 12.3 Å². The largest absolute Gasteiger partial charge is 0.395 e. The van der Waals surface area contributed by atoms with Crippen molar-refractivity contribution >= 4 is 23.3 Å². The molecule has 4 rings (SSSR count). The Hall–Kier alpha value is -1.82. The molecule has 2 aliphatic rings. The van der Waals surface area contributed by atoms with E-state index in [1.54, 1.807) is 11.8 Å². The van der Waals surface area contributed by atoms with Gasteiger partial charge < -0.3 is 10.0 Å². The molecule has 2 heterocycles. The predicted molar refractivity (Wildman–Crippen MR) is 98.3 cm³/mol. The SMILES string of the molecule is [2H]OCCN1CCN(C2=Nc3ccccc3Sc3ccccc32)CC1. The highest BCUT2D eigenvalue weighted by Crippen LogP contribution is 2.40. The molecule has 0 aromatic heterocycles. The highest BCUT2D eigenvalue weighted by molar-refractivity contribution is 7.99. The maximum atomic E-state index is 6.84. The van der Waals surface area contributed by atoms with Gasteiger partial charge in [0, 0.05) is 48.1 Å². The standard InChI is InChI=1S/C19H21N3OS/c23-14-13-21-9-11-22(12-10-21)19-15-5-1-3-7-17(15)24-18-8-4-2-6-16(18)20-19/h1-8,23H,9-14H2/i23D. The number of hydrogen-bond acceptors (Lipinski definition) is 5. The van der Waals surface area contributed by atoms with Gasteiger partial charge in [-0.1, -0.05) is 42.1 Å². The lowest BCUT2D eigenvalue weighted by Crippen LogP contribution is -2.49. The summed E-state index contributed by atoms with van der Waals surface area (Å²) >= 11 is 1.79. The van der Waals surface area contributed by atoms with Crippen molar-refractivity contribution in [1.29, 1.82) is 1.43 Å². The number of aliphatic hydroxyl groups excluding tert-OH is 1. The van der Waals surface area contributed by atoms with E-state index in [1.165, 1.54) is 15.4 Å². The first kappa shape index (κ1) is 14.5. The van der Waals surface area contributed by atoms with Crippen LogP contribution in [-0.4, -0.2) is 61.5 Å². The molecule has 0 spiro atoms. The first-order valence-corrected chi connectivity index (χ1v) is 9.17. The second-order valence-electron chi connectivity index (χ2n) is 6.03. The molecule has 2 aromatic carbocycles. The van der Waals surface area contributed by atoms with E-state index in [9.17, 15) is 0 Å². The number of hydrogen-bond donors (Lipinski definition) is 1. The zero-order chi connectivity index (χ0) is 17.1. The van der Waals surface area contributed by atoms with Crippen molar-refractivity contribution in [2.45, 2.75) is 9.79 Å². The van der Waals surface area contributed by atoms with Crippen LogP contribution in [0, 0.1) is 0 Å². The summed E-state index contributed by atoms with van der Waals surface area (Å²) in [6.45, 7) is 5.11. The van der Waals surface area contributed by atoms with Crippen molar-refractivity contribution in [2.24, 2.45) is 4.99 Å². The molecule has 0 bridgehead atoms. The van der Waals surface area contributed by atoms with E-state index in [-0.39, 0.29) is 0 Å². The molecule has 0 aliphatic carbocycles. The minimum absolute atomic E-state index is 0.466. The van der Waals surface area contributed by atoms with Crippen LogP contribution in [0.3, 0.4) is 0 Å². The molecule has 0 saturated carbocycles. The summed E-state index contributed by atoms with van der Waals surface area (Å²) in [4.78, 5) is 12.2. The fraction of sp³-hybridized carbons (Fsp3) is 0.316. The second kappa shape index (κ2) is 6.97. The Morgan fingerprint density at radius 1 is 1.00 bits per heavy atom. The molecule has 1 fully saturated rings. The van der Waals surface area contributed by atoms with Gasteiger partial charge in [-0.05, 0) is 18.2 Å². The molecule has 0 amide bonds. The van der Waals surface area contributed by atoms with Crippen LogP contribution in [0.4, 0.5) is 5.69 Å². The van der Waals surface area contributed by atoms with Gasteiger partial charge in [0.2, 0.25) is 1.43 Å². The zero-order valence-corrected chi connectivity index (χ0v) is 14.3. The highest BCUT2D eigenvalue weighted by atomic mass is 32.2. The van der Waals surface area contributed by atoms with Gasteiger partial charge in [0.15, 0.2) is 0 Å². The van der Waals surface area contributed by atoms with Crippen LogP contribution in [-0.2, 0) is 0 Å². The molecule has 1 N–H and O–H groups in total. The van der Waals surface area contributed by atoms with Crippen molar-refractivity contribution < 1.29 is 5.11 Å². The maximum Gasteiger partial charge on any atom is 0.210 e. The number of fused-ring (bicyclic) bond motifs is 2. The number of β-amino-alcohol motifs (C(OH)–C–C–N with tert-alkyl or cyclic N) is 1. The fourth-order valence-corrected chi connectivity index (χ4v) is 4.24. The van der Waals surface area contributed by atoms with Gasteiger partial charge >= 0.3 is 0 Å². The number of para-hydroxylation sites is 1. The lowest BCUT2D eigenvalue weighted by Gasteiger charge is -2.36. The summed E-state index contributed by atoms with van der Waals surface area (Å²) < 4.78 is 6.84. The van der Waals surface area contributed by atoms with E-state index in [0.717, 1.165) is 44.2 Å². The zero-order valence-electron chi connectivity index (χ0n) is 14.5. The quantitative estimate of drug-likeness (QED) is 0.933. The lowest BCUT2D eigenvalue weighted by molar-refractivity contribution is 0.147. The second-order valence-corrected chi connectivity index (χ2v) is 7.12. The summed E-state index contributed by atoms with van der Waals surface area (Å²) in [6, 6.07) is 16.9. The third-order valence-corrected chi connectivity index (χ3v) is 5.66. The summed E-state index contributed by atoms with van der Waals surface area (Å²) in [5, 5.41) is 4.46. The minimum Gasteiger partial charge on any atom is -0.395 e. The average molecular weight is 340 g/mol. The first-order chi connectivity index (χ1) is 12.3. The van der Waals surface area contributed by atoms with Crippen LogP contribution in [0.25, 0.3) is 0 Å². The molecule has 1 saturated heterocycles. The summed E-state index contributed by atoms with van der Waals surface area (Å²) in [7, 11) is 0. The third-order valence-electron chi connectivity index (χ3n) is 4.52. The van der Waals surface area contributed by atoms with Gasteiger partial charge in [0.25, 0.3) is 0 Å². The number of benzene rings is 2. The number of rotatable bonds is 3. The molecule has 0 atom stereocenters. The van der Waals surface area contributed by atoms with Crippen LogP contribution >= 0.6 is 11.8 Å². The van der Waals surface area contributed by atoms with Crippen LogP contribution in [0.2, 0.25) is 0 Å². The summed E-state index contributed by atoms with van der Waals surface area (Å²) in [5.74, 6) is 1.07. The molecule has 24 heavy (non-hydrogen) atoms. The van der Waals surface area contributed by atoms with E-state index >= 15 is 0 Å². The molecule has 124 valence electrons. The van der Waals surface area contributed by atoms with Gasteiger partial charge in [0.1, 0.15) is 5.84 Å². The van der Waals surface area contributed by atoms with E-state index in [2.05, 4.69) is 63.4 Å². The van der Waals surface area contributed by atoms with E-state index in [1.807, 2.05) is 0 Å². The average Bonchev–Trinajstić information content (AvgIpc) is 2.83. The van der Waals surface area contributed by atoms with Crippen LogP contribution in [0.1, 0.15) is 5.56 Å². The third kappa shape index (κ3) is 3.07. The maximum absolute atomic E-state index is 6.84. The Bertz CT molecular complexity index is 775. The topological polar surface area (TPSA) is 39.1 Å². The Kier molecular flexibility index (Phi) is 4.22. The molecule has 2 aromatic rings. The Balaban J connectivity index is 1.63. The van der Waals surface area contributed by atoms with Crippen molar-refractivity contribution in [3.8, 4) is 0 Å². The van der Waals surface area contributed by atoms with E-state index in [0.29, 0.717) is 6.61 Å². The Morgan fingerprint density at radius 2 is 1.75 bits per heavy atom. The molecule has 5 heteroatoms. The fourth-order valence-electron chi connectivity index (χ4n) is 3.22. The first-order valence-electron chi connectivity index (χ1n) is 8.76. The molecule has 0 unspecified atom stereocenters. The lowest BCUT2D eigenvalue weighted by atomic mass is 10.1. The number of aliphatic hydroxyl groups is 1. The van der Waals surface area contributed by atoms with Crippen LogP contribution in [0.5, 0.6) is 0 Å². The van der Waals surface area contributed by atoms with Crippen molar-refractivity contribution in [2.75, 3.05) is 39.3 Å². The molecule has 4 nitrogen and oxygen atoms in total. The molecule has 2 aliphatic heterocycles. The number of piperazine rings is 1. The summed E-state index contributed by atoms with van der Waals surface area (Å²) in [5.41, 5.74) is 2.26. The highest BCUT2D eigenvalue weighted by Gasteiger charge is 2.24. The monoisotopic (exact) mass is 340 g/mol. The van der Waals surface area contributed by atoms with Gasteiger partial charge in [-0.2, -0.15) is 0 Å². The molecular formula is C19H21N3OS. The van der Waals surface area contributed by atoms with E-state index in [4.69, 9.17) is 6.42 Å². The molecule has 0 radical (unpaired) electrons. The number of nitrogens with zero attached hydrogens (tertiary/aromatic N) is 3. The predicted octanol–water partition coefficient (Wildman–Crippen LogP) is 2.84. The van der Waals surface area contributed by atoms with Crippen LogP contribution in [0.15, 0.2) is 63.3 Å². The van der Waals surface area contributed by atoms with Crippen molar-refractivity contribution in [3.05, 3.63) is 54.1 Å². The van der Waals surface area contributed by atoms with E-state index < -0.39 is 0 Å². The molecular weight excluding hydrogens is 318 g/mol. The van der Waals surface area contributed by atoms with Crippen molar-refractivity contribution in [3.63, 3.8) is 0 Å². The van der Waals surface area contributed by atoms with Crippen molar-refractivity contribution in [1.82, 2.24) is 9.80 Å². The normalized spacial score (nSPS) is 18.2. The van der Waals surface area contributed by atoms with Gasteiger partial charge in [-0.25, -0.2) is 4.99 Å². The minimum atomic E-state index is 0.466. The van der Waals surface area contributed by atoms with Crippen LogP contribution < -0.4 is 0 Å². The van der Waals surface area contributed by atoms with Gasteiger partial charge in [-0.3, -0.25) is 4.90 Å². The Labute approximate surface area is 148 Å². The smallest absolute Gasteiger partial charge is 0.210 e. The summed E-state index contributed by atoms with van der Waals surface area (Å²) in [6.07, 6.45) is 0. The number of aliphatic imine (C=N–C) groups is 1. The Morgan fingerprint density at radius 3 is 2.58 bits per heavy atom. The number of amidine groups is 1. The van der Waals surface area contributed by atoms with Gasteiger partial charge in [-0.15, -0.1) is 0 Å².